The molecule has 0 fully saturated rings. The lowest BCUT2D eigenvalue weighted by Crippen LogP contribution is -2.10. The van der Waals surface area contributed by atoms with Gasteiger partial charge < -0.3 is 15.2 Å². The Morgan fingerprint density at radius 2 is 2.33 bits per heavy atom. The quantitative estimate of drug-likeness (QED) is 0.814. The Bertz CT molecular complexity index is 377. The van der Waals surface area contributed by atoms with E-state index in [2.05, 4.69) is 4.99 Å². The van der Waals surface area contributed by atoms with Gasteiger partial charge in [0.1, 0.15) is 18.4 Å². The lowest BCUT2D eigenvalue weighted by Gasteiger charge is -2.11. The van der Waals surface area contributed by atoms with Gasteiger partial charge in [-0.3, -0.25) is 0 Å². The first kappa shape index (κ1) is 9.83. The van der Waals surface area contributed by atoms with Crippen molar-refractivity contribution in [2.75, 3.05) is 13.2 Å². The van der Waals surface area contributed by atoms with E-state index in [1.54, 1.807) is 0 Å². The van der Waals surface area contributed by atoms with E-state index in [9.17, 15) is 0 Å². The van der Waals surface area contributed by atoms with Gasteiger partial charge in [-0.05, 0) is 13.0 Å². The predicted octanol–water partition coefficient (Wildman–Crippen LogP) is 1.47. The molecule has 4 nitrogen and oxygen atoms in total. The molecule has 80 valence electrons. The molecule has 1 aliphatic rings. The highest BCUT2D eigenvalue weighted by atomic mass is 16.5. The summed E-state index contributed by atoms with van der Waals surface area (Å²) >= 11 is 0. The Kier molecular flexibility index (Phi) is 2.76. The third-order valence-corrected chi connectivity index (χ3v) is 2.25. The zero-order valence-electron chi connectivity index (χ0n) is 8.64. The van der Waals surface area contributed by atoms with Crippen LogP contribution in [0.3, 0.4) is 0 Å². The number of amidine groups is 1. The largest absolute Gasteiger partial charge is 0.494 e. The topological polar surface area (TPSA) is 56.8 Å². The van der Waals surface area contributed by atoms with Crippen molar-refractivity contribution in [2.45, 2.75) is 13.0 Å². The Morgan fingerprint density at radius 3 is 3.00 bits per heavy atom. The molecular formula is C11H14N2O2. The zero-order chi connectivity index (χ0) is 10.7. The Morgan fingerprint density at radius 1 is 1.53 bits per heavy atom. The number of aliphatic imine (C=N–C) groups is 1. The molecule has 0 spiro atoms. The molecule has 2 N–H and O–H groups in total. The zero-order valence-corrected chi connectivity index (χ0v) is 8.64. The third kappa shape index (κ3) is 2.03. The summed E-state index contributed by atoms with van der Waals surface area (Å²) in [5.41, 5.74) is 6.50. The molecule has 15 heavy (non-hydrogen) atoms. The molecule has 0 saturated carbocycles. The van der Waals surface area contributed by atoms with Gasteiger partial charge in [-0.2, -0.15) is 0 Å². The maximum absolute atomic E-state index is 5.52. The van der Waals surface area contributed by atoms with Crippen molar-refractivity contribution in [3.8, 4) is 5.75 Å². The first-order valence-corrected chi connectivity index (χ1v) is 4.99. The molecule has 4 heteroatoms. The van der Waals surface area contributed by atoms with Crippen molar-refractivity contribution in [3.05, 3.63) is 29.8 Å². The first-order chi connectivity index (χ1) is 7.31. The molecule has 2 rings (SSSR count). The molecule has 0 amide bonds. The fourth-order valence-electron chi connectivity index (χ4n) is 1.59. The van der Waals surface area contributed by atoms with Gasteiger partial charge in [0.25, 0.3) is 6.02 Å². The van der Waals surface area contributed by atoms with Gasteiger partial charge in [0.05, 0.1) is 6.61 Å². The molecule has 0 radical (unpaired) electrons. The number of hydrogen-bond acceptors (Lipinski definition) is 4. The molecule has 1 aromatic rings. The second kappa shape index (κ2) is 4.21. The van der Waals surface area contributed by atoms with Crippen LogP contribution in [0, 0.1) is 0 Å². The highest BCUT2D eigenvalue weighted by Crippen LogP contribution is 2.30. The normalized spacial score (nSPS) is 19.5. The number of nitrogens with two attached hydrogens (primary N) is 1. The average molecular weight is 206 g/mol. The number of benzene rings is 1. The maximum Gasteiger partial charge on any atom is 0.282 e. The van der Waals surface area contributed by atoms with E-state index in [0.717, 1.165) is 11.3 Å². The van der Waals surface area contributed by atoms with Gasteiger partial charge in [-0.1, -0.05) is 18.2 Å². The smallest absolute Gasteiger partial charge is 0.282 e. The van der Waals surface area contributed by atoms with Crippen LogP contribution in [0.4, 0.5) is 0 Å². The monoisotopic (exact) mass is 206 g/mol. The number of rotatable bonds is 3. The van der Waals surface area contributed by atoms with Crippen LogP contribution in [0.25, 0.3) is 0 Å². The number of ether oxygens (including phenoxy) is 2. The van der Waals surface area contributed by atoms with Gasteiger partial charge >= 0.3 is 0 Å². The van der Waals surface area contributed by atoms with Crippen LogP contribution >= 0.6 is 0 Å². The van der Waals surface area contributed by atoms with E-state index in [1.807, 2.05) is 31.2 Å². The summed E-state index contributed by atoms with van der Waals surface area (Å²) in [5, 5.41) is 0. The fraction of sp³-hybridized carbons (Fsp3) is 0.364. The second-order valence-corrected chi connectivity index (χ2v) is 3.26. The van der Waals surface area contributed by atoms with Crippen LogP contribution in [-0.4, -0.2) is 19.2 Å². The molecule has 0 aliphatic carbocycles. The summed E-state index contributed by atoms with van der Waals surface area (Å²) in [6, 6.07) is 8.04. The minimum atomic E-state index is -0.0345. The van der Waals surface area contributed by atoms with Crippen molar-refractivity contribution in [1.82, 2.24) is 0 Å². The lowest BCUT2D eigenvalue weighted by atomic mass is 10.1. The van der Waals surface area contributed by atoms with E-state index in [4.69, 9.17) is 15.2 Å². The summed E-state index contributed by atoms with van der Waals surface area (Å²) < 4.78 is 10.6. The summed E-state index contributed by atoms with van der Waals surface area (Å²) in [5.74, 6) is 0.854. The summed E-state index contributed by atoms with van der Waals surface area (Å²) in [6.07, 6.45) is 0. The molecule has 1 aromatic carbocycles. The Labute approximate surface area is 88.7 Å². The highest BCUT2D eigenvalue weighted by molar-refractivity contribution is 5.73. The minimum Gasteiger partial charge on any atom is -0.494 e. The van der Waals surface area contributed by atoms with E-state index in [1.165, 1.54) is 0 Å². The highest BCUT2D eigenvalue weighted by Gasteiger charge is 2.21. The van der Waals surface area contributed by atoms with Crippen LogP contribution < -0.4 is 10.5 Å². The van der Waals surface area contributed by atoms with Crippen LogP contribution in [0.1, 0.15) is 18.5 Å². The summed E-state index contributed by atoms with van der Waals surface area (Å²) in [7, 11) is 0. The fourth-order valence-corrected chi connectivity index (χ4v) is 1.59. The third-order valence-electron chi connectivity index (χ3n) is 2.25. The summed E-state index contributed by atoms with van der Waals surface area (Å²) in [6.45, 7) is 3.10. The van der Waals surface area contributed by atoms with Gasteiger partial charge in [0.2, 0.25) is 0 Å². The lowest BCUT2D eigenvalue weighted by molar-refractivity contribution is 0.303. The van der Waals surface area contributed by atoms with Gasteiger partial charge in [-0.25, -0.2) is 4.99 Å². The Hall–Kier alpha value is -1.71. The molecule has 1 heterocycles. The van der Waals surface area contributed by atoms with E-state index < -0.39 is 0 Å². The van der Waals surface area contributed by atoms with Crippen molar-refractivity contribution in [1.29, 1.82) is 0 Å². The van der Waals surface area contributed by atoms with Gasteiger partial charge in [0, 0.05) is 5.56 Å². The van der Waals surface area contributed by atoms with Crippen LogP contribution in [0.15, 0.2) is 29.3 Å². The van der Waals surface area contributed by atoms with Gasteiger partial charge in [-0.15, -0.1) is 0 Å². The molecular weight excluding hydrogens is 192 g/mol. The van der Waals surface area contributed by atoms with E-state index in [0.29, 0.717) is 13.2 Å². The number of para-hydroxylation sites is 1. The summed E-state index contributed by atoms with van der Waals surface area (Å²) in [4.78, 5) is 4.19. The second-order valence-electron chi connectivity index (χ2n) is 3.26. The average Bonchev–Trinajstić information content (AvgIpc) is 2.66. The van der Waals surface area contributed by atoms with E-state index >= 15 is 0 Å². The standard InChI is InChI=1S/C11H14N2O2/c1-2-14-10-6-4-3-5-8(10)9-7-15-11(12)13-9/h3-6,9H,2,7H2,1H3,(H2,12,13). The predicted molar refractivity (Wildman–Crippen MR) is 57.9 cm³/mol. The maximum atomic E-state index is 5.52. The van der Waals surface area contributed by atoms with Crippen LogP contribution in [0.5, 0.6) is 5.75 Å². The molecule has 1 atom stereocenters. The van der Waals surface area contributed by atoms with Gasteiger partial charge in [0.15, 0.2) is 0 Å². The molecule has 1 aliphatic heterocycles. The Balaban J connectivity index is 2.27. The van der Waals surface area contributed by atoms with Crippen molar-refractivity contribution < 1.29 is 9.47 Å². The molecule has 0 bridgehead atoms. The van der Waals surface area contributed by atoms with Crippen LogP contribution in [0.2, 0.25) is 0 Å². The SMILES string of the molecule is CCOc1ccccc1C1COC(N)=N1. The molecule has 0 saturated heterocycles. The van der Waals surface area contributed by atoms with Crippen molar-refractivity contribution in [3.63, 3.8) is 0 Å². The molecule has 0 aromatic heterocycles. The number of hydrogen-bond donors (Lipinski definition) is 1. The number of nitrogens with zero attached hydrogens (tertiary/aromatic N) is 1. The van der Waals surface area contributed by atoms with Crippen LogP contribution in [-0.2, 0) is 4.74 Å². The van der Waals surface area contributed by atoms with E-state index in [-0.39, 0.29) is 12.1 Å². The van der Waals surface area contributed by atoms with Crippen molar-refractivity contribution in [2.24, 2.45) is 10.7 Å². The van der Waals surface area contributed by atoms with Crippen molar-refractivity contribution >= 4 is 6.02 Å². The molecule has 1 unspecified atom stereocenters. The minimum absolute atomic E-state index is 0.0345. The first-order valence-electron chi connectivity index (χ1n) is 4.99.